The maximum Gasteiger partial charge on any atom is 0.349 e. The maximum absolute atomic E-state index is 13.0. The number of fused-ring (bicyclic) bond motifs is 1. The zero-order valence-electron chi connectivity index (χ0n) is 15.2. The van der Waals surface area contributed by atoms with E-state index in [1.54, 1.807) is 17.0 Å². The van der Waals surface area contributed by atoms with Crippen LogP contribution in [0.2, 0.25) is 0 Å². The molecule has 0 saturated heterocycles. The van der Waals surface area contributed by atoms with Crippen molar-refractivity contribution in [1.29, 1.82) is 0 Å². The summed E-state index contributed by atoms with van der Waals surface area (Å²) in [5.41, 5.74) is 0.413. The quantitative estimate of drug-likeness (QED) is 0.783. The first-order valence-electron chi connectivity index (χ1n) is 9.80. The van der Waals surface area contributed by atoms with Gasteiger partial charge in [0.05, 0.1) is 0 Å². The summed E-state index contributed by atoms with van der Waals surface area (Å²) >= 11 is 0. The highest BCUT2D eigenvalue weighted by Gasteiger charge is 2.51. The van der Waals surface area contributed by atoms with E-state index in [2.05, 4.69) is 0 Å². The van der Waals surface area contributed by atoms with Crippen molar-refractivity contribution < 1.29 is 9.21 Å². The second kappa shape index (κ2) is 5.70. The fourth-order valence-electron chi connectivity index (χ4n) is 6.48. The van der Waals surface area contributed by atoms with E-state index in [4.69, 9.17) is 4.42 Å². The number of amides is 1. The van der Waals surface area contributed by atoms with Crippen molar-refractivity contribution in [3.05, 3.63) is 46.3 Å². The van der Waals surface area contributed by atoms with Gasteiger partial charge < -0.3 is 9.32 Å². The van der Waals surface area contributed by atoms with Gasteiger partial charge in [-0.05, 0) is 73.8 Å². The molecule has 6 rings (SSSR count). The molecule has 4 aliphatic rings. The third kappa shape index (κ3) is 2.58. The number of nitrogens with zero attached hydrogens (tertiary/aromatic N) is 1. The molecule has 0 spiro atoms. The largest absolute Gasteiger partial charge is 0.422 e. The van der Waals surface area contributed by atoms with Gasteiger partial charge in [0, 0.05) is 19.0 Å². The number of carbonyl (C=O) groups excluding carboxylic acids is 1. The van der Waals surface area contributed by atoms with E-state index >= 15 is 0 Å². The molecule has 0 radical (unpaired) electrons. The van der Waals surface area contributed by atoms with Crippen LogP contribution in [0, 0.1) is 23.2 Å². The molecule has 1 aromatic heterocycles. The first-order chi connectivity index (χ1) is 12.5. The predicted molar refractivity (Wildman–Crippen MR) is 100 cm³/mol. The van der Waals surface area contributed by atoms with Gasteiger partial charge >= 0.3 is 5.63 Å². The van der Waals surface area contributed by atoms with E-state index in [0.29, 0.717) is 5.58 Å². The standard InChI is InChI=1S/C22H25NO3/c1-23(13-22-10-14-6-15(11-22)8-16(7-14)12-22)20(24)18-9-17-4-2-3-5-19(17)26-21(18)25/h2-5,9,14-16H,6-8,10-13H2,1H3. The number of rotatable bonds is 3. The van der Waals surface area contributed by atoms with Gasteiger partial charge in [-0.3, -0.25) is 4.79 Å². The summed E-state index contributed by atoms with van der Waals surface area (Å²) in [6.45, 7) is 0.765. The molecule has 4 nitrogen and oxygen atoms in total. The number of carbonyl (C=O) groups is 1. The third-order valence-electron chi connectivity index (χ3n) is 6.96. The number of benzene rings is 1. The Kier molecular flexibility index (Phi) is 3.53. The van der Waals surface area contributed by atoms with Crippen molar-refractivity contribution >= 4 is 16.9 Å². The van der Waals surface area contributed by atoms with E-state index in [9.17, 15) is 9.59 Å². The van der Waals surface area contributed by atoms with E-state index < -0.39 is 5.63 Å². The second-order valence-electron chi connectivity index (χ2n) is 9.06. The zero-order chi connectivity index (χ0) is 17.9. The van der Waals surface area contributed by atoms with Gasteiger partial charge in [-0.1, -0.05) is 18.2 Å². The van der Waals surface area contributed by atoms with Crippen molar-refractivity contribution in [2.24, 2.45) is 23.2 Å². The summed E-state index contributed by atoms with van der Waals surface area (Å²) in [5.74, 6) is 2.36. The maximum atomic E-state index is 13.0. The smallest absolute Gasteiger partial charge is 0.349 e. The number of hydrogen-bond donors (Lipinski definition) is 0. The van der Waals surface area contributed by atoms with Crippen molar-refractivity contribution in [3.63, 3.8) is 0 Å². The topological polar surface area (TPSA) is 50.5 Å². The average Bonchev–Trinajstić information content (AvgIpc) is 2.59. The molecular formula is C22H25NO3. The summed E-state index contributed by atoms with van der Waals surface area (Å²) in [6, 6.07) is 9.01. The Bertz CT molecular complexity index is 893. The van der Waals surface area contributed by atoms with E-state index in [1.165, 1.54) is 38.5 Å². The lowest BCUT2D eigenvalue weighted by atomic mass is 9.49. The first kappa shape index (κ1) is 16.1. The SMILES string of the molecule is CN(CC12CC3CC(CC(C3)C1)C2)C(=O)c1cc2ccccc2oc1=O. The first-order valence-corrected chi connectivity index (χ1v) is 9.80. The van der Waals surface area contributed by atoms with Gasteiger partial charge in [0.15, 0.2) is 0 Å². The Hall–Kier alpha value is -2.10. The summed E-state index contributed by atoms with van der Waals surface area (Å²) in [7, 11) is 1.84. The predicted octanol–water partition coefficient (Wildman–Crippen LogP) is 4.08. The van der Waals surface area contributed by atoms with Crippen LogP contribution in [-0.4, -0.2) is 24.4 Å². The molecule has 4 saturated carbocycles. The lowest BCUT2D eigenvalue weighted by Gasteiger charge is -2.57. The molecule has 136 valence electrons. The molecule has 0 unspecified atom stereocenters. The highest BCUT2D eigenvalue weighted by atomic mass is 16.4. The summed E-state index contributed by atoms with van der Waals surface area (Å²) in [5, 5.41) is 0.790. The molecule has 26 heavy (non-hydrogen) atoms. The van der Waals surface area contributed by atoms with Gasteiger partial charge in [-0.15, -0.1) is 0 Å². The van der Waals surface area contributed by atoms with Crippen LogP contribution in [0.1, 0.15) is 48.9 Å². The molecule has 1 heterocycles. The normalized spacial score (nSPS) is 32.1. The number of para-hydroxylation sites is 1. The second-order valence-corrected chi connectivity index (χ2v) is 9.06. The summed E-state index contributed by atoms with van der Waals surface area (Å²) < 4.78 is 5.35. The van der Waals surface area contributed by atoms with E-state index in [0.717, 1.165) is 29.7 Å². The molecule has 1 aromatic carbocycles. The third-order valence-corrected chi connectivity index (χ3v) is 6.96. The minimum absolute atomic E-state index is 0.149. The van der Waals surface area contributed by atoms with Gasteiger partial charge in [0.2, 0.25) is 0 Å². The Morgan fingerprint density at radius 1 is 1.12 bits per heavy atom. The molecule has 4 aliphatic carbocycles. The molecule has 0 aliphatic heterocycles. The Morgan fingerprint density at radius 2 is 1.73 bits per heavy atom. The fraction of sp³-hybridized carbons (Fsp3) is 0.545. The van der Waals surface area contributed by atoms with Crippen molar-refractivity contribution in [1.82, 2.24) is 4.90 Å². The van der Waals surface area contributed by atoms with Crippen LogP contribution >= 0.6 is 0 Å². The van der Waals surface area contributed by atoms with Crippen LogP contribution < -0.4 is 5.63 Å². The molecule has 4 bridgehead atoms. The summed E-state index contributed by atoms with van der Waals surface area (Å²) in [4.78, 5) is 27.1. The van der Waals surface area contributed by atoms with Gasteiger partial charge in [-0.2, -0.15) is 0 Å². The highest BCUT2D eigenvalue weighted by Crippen LogP contribution is 2.60. The minimum Gasteiger partial charge on any atom is -0.422 e. The van der Waals surface area contributed by atoms with Crippen LogP contribution in [0.25, 0.3) is 11.0 Å². The van der Waals surface area contributed by atoms with E-state index in [1.807, 2.05) is 25.2 Å². The van der Waals surface area contributed by atoms with Gasteiger partial charge in [0.1, 0.15) is 11.1 Å². The van der Waals surface area contributed by atoms with Crippen LogP contribution in [0.4, 0.5) is 0 Å². The molecule has 2 aromatic rings. The minimum atomic E-state index is -0.536. The molecule has 0 atom stereocenters. The molecule has 0 N–H and O–H groups in total. The fourth-order valence-corrected chi connectivity index (χ4v) is 6.48. The van der Waals surface area contributed by atoms with Crippen LogP contribution in [0.5, 0.6) is 0 Å². The van der Waals surface area contributed by atoms with E-state index in [-0.39, 0.29) is 16.9 Å². The van der Waals surface area contributed by atoms with Crippen molar-refractivity contribution in [3.8, 4) is 0 Å². The molecule has 1 amide bonds. The Balaban J connectivity index is 1.41. The van der Waals surface area contributed by atoms with Crippen LogP contribution in [-0.2, 0) is 0 Å². The monoisotopic (exact) mass is 351 g/mol. The lowest BCUT2D eigenvalue weighted by Crippen LogP contribution is -2.51. The molecule has 4 fully saturated rings. The Labute approximate surface area is 153 Å². The summed E-state index contributed by atoms with van der Waals surface area (Å²) in [6.07, 6.45) is 7.94. The highest BCUT2D eigenvalue weighted by molar-refractivity contribution is 5.96. The lowest BCUT2D eigenvalue weighted by molar-refractivity contribution is -0.0629. The van der Waals surface area contributed by atoms with Gasteiger partial charge in [-0.25, -0.2) is 4.79 Å². The molecular weight excluding hydrogens is 326 g/mol. The van der Waals surface area contributed by atoms with Crippen LogP contribution in [0.15, 0.2) is 39.5 Å². The Morgan fingerprint density at radius 3 is 2.38 bits per heavy atom. The van der Waals surface area contributed by atoms with Crippen molar-refractivity contribution in [2.75, 3.05) is 13.6 Å². The van der Waals surface area contributed by atoms with Gasteiger partial charge in [0.25, 0.3) is 5.91 Å². The number of hydrogen-bond acceptors (Lipinski definition) is 3. The van der Waals surface area contributed by atoms with Crippen molar-refractivity contribution in [2.45, 2.75) is 38.5 Å². The van der Waals surface area contributed by atoms with Crippen LogP contribution in [0.3, 0.4) is 0 Å². The zero-order valence-corrected chi connectivity index (χ0v) is 15.2. The average molecular weight is 351 g/mol. The molecule has 4 heteroatoms.